The molecule has 16 heavy (non-hydrogen) atoms. The summed E-state index contributed by atoms with van der Waals surface area (Å²) in [4.78, 5) is 18.1. The molecule has 0 saturated heterocycles. The number of hydrogen-bond donors (Lipinski definition) is 0. The number of nitrogens with zero attached hydrogens (tertiary/aromatic N) is 2. The van der Waals surface area contributed by atoms with Crippen LogP contribution in [0.1, 0.15) is 10.4 Å². The van der Waals surface area contributed by atoms with Gasteiger partial charge in [-0.1, -0.05) is 0 Å². The Bertz CT molecular complexity index is 506. The lowest BCUT2D eigenvalue weighted by atomic mass is 10.1. The number of carbonyl (C=O) groups is 1. The van der Waals surface area contributed by atoms with Gasteiger partial charge < -0.3 is 0 Å². The van der Waals surface area contributed by atoms with Crippen LogP contribution in [-0.2, 0) is 0 Å². The molecule has 0 N–H and O–H groups in total. The first-order chi connectivity index (χ1) is 7.72. The fraction of sp³-hybridized carbons (Fsp3) is 0. The van der Waals surface area contributed by atoms with E-state index in [1.807, 2.05) is 0 Å². The summed E-state index contributed by atoms with van der Waals surface area (Å²) in [6.07, 6.45) is 3.07. The van der Waals surface area contributed by atoms with Gasteiger partial charge in [0.2, 0.25) is 0 Å². The monoisotopic (exact) mass is 220 g/mol. The van der Waals surface area contributed by atoms with Gasteiger partial charge >= 0.3 is 0 Å². The number of carbonyl (C=O) groups excluding carboxylic acids is 1. The second-order valence-corrected chi connectivity index (χ2v) is 3.04. The summed E-state index contributed by atoms with van der Waals surface area (Å²) < 4.78 is 26.5. The van der Waals surface area contributed by atoms with Crippen LogP contribution >= 0.6 is 0 Å². The quantitative estimate of drug-likeness (QED) is 0.729. The van der Waals surface area contributed by atoms with E-state index < -0.39 is 17.2 Å². The average molecular weight is 220 g/mol. The maximum absolute atomic E-state index is 13.3. The third-order valence-corrected chi connectivity index (χ3v) is 2.02. The van der Waals surface area contributed by atoms with Crippen LogP contribution in [-0.4, -0.2) is 16.3 Å². The van der Waals surface area contributed by atoms with Crippen molar-refractivity contribution in [2.75, 3.05) is 0 Å². The van der Waals surface area contributed by atoms with Gasteiger partial charge in [-0.3, -0.25) is 4.79 Å². The third-order valence-electron chi connectivity index (χ3n) is 2.02. The Labute approximate surface area is 89.8 Å². The molecule has 0 atom stereocenters. The summed E-state index contributed by atoms with van der Waals surface area (Å²) in [6.45, 7) is 0. The second kappa shape index (κ2) is 4.14. The summed E-state index contributed by atoms with van der Waals surface area (Å²) in [5.74, 6) is -1.63. The molecule has 0 aliphatic carbocycles. The minimum Gasteiger partial charge on any atom is -0.298 e. The van der Waals surface area contributed by atoms with Gasteiger partial charge in [0.1, 0.15) is 11.6 Å². The first-order valence-corrected chi connectivity index (χ1v) is 4.44. The highest BCUT2D eigenvalue weighted by Crippen LogP contribution is 2.20. The molecule has 3 nitrogen and oxygen atoms in total. The zero-order chi connectivity index (χ0) is 11.5. The molecule has 1 aromatic heterocycles. The van der Waals surface area contributed by atoms with E-state index in [9.17, 15) is 13.6 Å². The molecule has 0 aliphatic heterocycles. The van der Waals surface area contributed by atoms with Gasteiger partial charge in [0, 0.05) is 18.0 Å². The van der Waals surface area contributed by atoms with Gasteiger partial charge in [0.25, 0.3) is 0 Å². The molecule has 80 valence electrons. The lowest BCUT2D eigenvalue weighted by Gasteiger charge is -2.02. The standard InChI is InChI=1S/C11H6F2N2O/c12-9-4-7(5-10(13)8(9)6-16)11-14-2-1-3-15-11/h1-6H. The lowest BCUT2D eigenvalue weighted by molar-refractivity contribution is 0.111. The van der Waals surface area contributed by atoms with E-state index >= 15 is 0 Å². The van der Waals surface area contributed by atoms with E-state index in [4.69, 9.17) is 0 Å². The van der Waals surface area contributed by atoms with E-state index in [2.05, 4.69) is 9.97 Å². The Morgan fingerprint density at radius 3 is 2.12 bits per heavy atom. The van der Waals surface area contributed by atoms with E-state index in [1.54, 1.807) is 6.07 Å². The Kier molecular flexibility index (Phi) is 2.68. The maximum Gasteiger partial charge on any atom is 0.159 e. The number of halogens is 2. The lowest BCUT2D eigenvalue weighted by Crippen LogP contribution is -1.96. The van der Waals surface area contributed by atoms with Crippen molar-refractivity contribution >= 4 is 6.29 Å². The van der Waals surface area contributed by atoms with Crippen molar-refractivity contribution in [2.45, 2.75) is 0 Å². The number of benzene rings is 1. The second-order valence-electron chi connectivity index (χ2n) is 3.04. The molecule has 0 fully saturated rings. The Morgan fingerprint density at radius 2 is 1.62 bits per heavy atom. The summed E-state index contributed by atoms with van der Waals surface area (Å²) >= 11 is 0. The van der Waals surface area contributed by atoms with Crippen molar-refractivity contribution in [1.29, 1.82) is 0 Å². The summed E-state index contributed by atoms with van der Waals surface area (Å²) in [5.41, 5.74) is -0.388. The van der Waals surface area contributed by atoms with Crippen molar-refractivity contribution in [2.24, 2.45) is 0 Å². The first kappa shape index (κ1) is 10.4. The van der Waals surface area contributed by atoms with E-state index in [0.29, 0.717) is 0 Å². The molecular weight excluding hydrogens is 214 g/mol. The zero-order valence-corrected chi connectivity index (χ0v) is 8.02. The van der Waals surface area contributed by atoms with Gasteiger partial charge in [-0.2, -0.15) is 0 Å². The molecule has 2 aromatic rings. The van der Waals surface area contributed by atoms with Crippen LogP contribution in [0.2, 0.25) is 0 Å². The minimum atomic E-state index is -0.919. The Balaban J connectivity index is 2.57. The van der Waals surface area contributed by atoms with Crippen molar-refractivity contribution < 1.29 is 13.6 Å². The molecule has 0 saturated carbocycles. The van der Waals surface area contributed by atoms with Gasteiger partial charge in [-0.15, -0.1) is 0 Å². The predicted molar refractivity (Wildman–Crippen MR) is 52.8 cm³/mol. The van der Waals surface area contributed by atoms with E-state index in [1.165, 1.54) is 12.4 Å². The summed E-state index contributed by atoms with van der Waals surface area (Å²) in [6, 6.07) is 3.65. The van der Waals surface area contributed by atoms with Crippen LogP contribution < -0.4 is 0 Å². The normalized spacial score (nSPS) is 10.1. The van der Waals surface area contributed by atoms with Crippen LogP contribution in [0, 0.1) is 11.6 Å². The highest BCUT2D eigenvalue weighted by Gasteiger charge is 2.12. The number of hydrogen-bond acceptors (Lipinski definition) is 3. The predicted octanol–water partition coefficient (Wildman–Crippen LogP) is 2.23. The SMILES string of the molecule is O=Cc1c(F)cc(-c2ncccn2)cc1F. The van der Waals surface area contributed by atoms with Crippen molar-refractivity contribution in [3.63, 3.8) is 0 Å². The highest BCUT2D eigenvalue weighted by molar-refractivity contribution is 5.77. The Morgan fingerprint density at radius 1 is 1.06 bits per heavy atom. The van der Waals surface area contributed by atoms with Crippen LogP contribution in [0.15, 0.2) is 30.6 Å². The van der Waals surface area contributed by atoms with Gasteiger partial charge in [-0.25, -0.2) is 18.7 Å². The van der Waals surface area contributed by atoms with Crippen LogP contribution in [0.5, 0.6) is 0 Å². The summed E-state index contributed by atoms with van der Waals surface area (Å²) in [7, 11) is 0. The fourth-order valence-corrected chi connectivity index (χ4v) is 1.27. The molecule has 0 radical (unpaired) electrons. The van der Waals surface area contributed by atoms with E-state index in [0.717, 1.165) is 12.1 Å². The van der Waals surface area contributed by atoms with E-state index in [-0.39, 0.29) is 17.7 Å². The van der Waals surface area contributed by atoms with Crippen LogP contribution in [0.3, 0.4) is 0 Å². The summed E-state index contributed by atoms with van der Waals surface area (Å²) in [5, 5.41) is 0. The number of rotatable bonds is 2. The smallest absolute Gasteiger partial charge is 0.159 e. The number of aldehydes is 1. The first-order valence-electron chi connectivity index (χ1n) is 4.44. The fourth-order valence-electron chi connectivity index (χ4n) is 1.27. The van der Waals surface area contributed by atoms with Gasteiger partial charge in [0.15, 0.2) is 12.1 Å². The largest absolute Gasteiger partial charge is 0.298 e. The molecule has 0 unspecified atom stereocenters. The Hall–Kier alpha value is -2.17. The highest BCUT2D eigenvalue weighted by atomic mass is 19.1. The van der Waals surface area contributed by atoms with Crippen molar-refractivity contribution in [3.8, 4) is 11.4 Å². The molecular formula is C11H6F2N2O. The molecule has 2 rings (SSSR count). The van der Waals surface area contributed by atoms with Gasteiger partial charge in [-0.05, 0) is 18.2 Å². The molecule has 5 heteroatoms. The van der Waals surface area contributed by atoms with Crippen LogP contribution in [0.4, 0.5) is 8.78 Å². The van der Waals surface area contributed by atoms with Gasteiger partial charge in [0.05, 0.1) is 5.56 Å². The van der Waals surface area contributed by atoms with Crippen LogP contribution in [0.25, 0.3) is 11.4 Å². The molecule has 0 spiro atoms. The number of aromatic nitrogens is 2. The van der Waals surface area contributed by atoms with Crippen molar-refractivity contribution in [3.05, 3.63) is 47.8 Å². The molecule has 0 amide bonds. The molecule has 0 aliphatic rings. The molecule has 1 heterocycles. The average Bonchev–Trinajstić information content (AvgIpc) is 2.30. The van der Waals surface area contributed by atoms with Crippen molar-refractivity contribution in [1.82, 2.24) is 9.97 Å². The zero-order valence-electron chi connectivity index (χ0n) is 8.02. The maximum atomic E-state index is 13.3. The third kappa shape index (κ3) is 1.79. The molecule has 0 bridgehead atoms. The topological polar surface area (TPSA) is 42.9 Å². The minimum absolute atomic E-state index is 0.139. The molecule has 1 aromatic carbocycles.